The van der Waals surface area contributed by atoms with Crippen molar-refractivity contribution in [1.29, 1.82) is 0 Å². The predicted octanol–water partition coefficient (Wildman–Crippen LogP) is 7.31. The van der Waals surface area contributed by atoms with Crippen LogP contribution in [0.15, 0.2) is 54.4 Å². The molecule has 0 heterocycles. The Hall–Kier alpha value is -0.353. The molecule has 0 saturated heterocycles. The molecule has 0 unspecified atom stereocenters. The molecule has 0 bridgehead atoms. The topological polar surface area (TPSA) is 18.5 Å². The van der Waals surface area contributed by atoms with Gasteiger partial charge in [0.15, 0.2) is 0 Å². The van der Waals surface area contributed by atoms with Crippen LogP contribution in [0, 0.1) is 23.0 Å². The summed E-state index contributed by atoms with van der Waals surface area (Å²) in [5.74, 6) is 1.38. The Morgan fingerprint density at radius 3 is 1.45 bits per heavy atom. The molecule has 2 aliphatic carbocycles. The van der Waals surface area contributed by atoms with E-state index < -0.39 is 21.3 Å². The van der Waals surface area contributed by atoms with E-state index >= 15 is 0 Å². The molecule has 0 atom stereocenters. The first kappa shape index (κ1) is 28.9. The first-order chi connectivity index (χ1) is 15.5. The predicted molar refractivity (Wildman–Crippen MR) is 144 cm³/mol. The summed E-state index contributed by atoms with van der Waals surface area (Å²) in [6, 6.07) is 0. The summed E-state index contributed by atoms with van der Waals surface area (Å²) in [5.41, 5.74) is 6.53. The average Bonchev–Trinajstić information content (AvgIpc) is 3.46. The molecule has 2 rings (SSSR count). The van der Waals surface area contributed by atoms with Crippen molar-refractivity contribution in [3.63, 3.8) is 0 Å². The molecule has 0 saturated carbocycles. The van der Waals surface area contributed by atoms with Gasteiger partial charge >= 0.3 is 222 Å². The number of hydrogen-bond donors (Lipinski definition) is 0. The first-order valence-electron chi connectivity index (χ1n) is 12.4. The van der Waals surface area contributed by atoms with Crippen LogP contribution < -0.4 is 0 Å². The van der Waals surface area contributed by atoms with Crippen molar-refractivity contribution in [2.45, 2.75) is 77.6 Å². The van der Waals surface area contributed by atoms with Gasteiger partial charge in [-0.25, -0.2) is 0 Å². The minimum atomic E-state index is -2.03. The zero-order valence-corrected chi connectivity index (χ0v) is 26.9. The van der Waals surface area contributed by atoms with Gasteiger partial charge in [0.2, 0.25) is 0 Å². The zero-order chi connectivity index (χ0) is 25.0. The summed E-state index contributed by atoms with van der Waals surface area (Å²) >= 11 is 1.29. The third-order valence-electron chi connectivity index (χ3n) is 7.57. The SMILES string of the molecule is CO[C](=[Zr])C(C(=[C-][Si](C(C)C)(C(C)C)[Si](C(C)C)C(C)C)OC)(C1C=CC=C1)C1C=CC=C1. The number of rotatable bonds is 12. The Labute approximate surface area is 221 Å². The van der Waals surface area contributed by atoms with Crippen molar-refractivity contribution in [2.24, 2.45) is 17.3 Å². The second-order valence-electron chi connectivity index (χ2n) is 10.6. The molecule has 0 aromatic rings. The van der Waals surface area contributed by atoms with Crippen LogP contribution in [0.1, 0.15) is 55.4 Å². The van der Waals surface area contributed by atoms with E-state index in [0.29, 0.717) is 22.2 Å². The van der Waals surface area contributed by atoms with Gasteiger partial charge in [-0.3, -0.25) is 0 Å². The zero-order valence-electron chi connectivity index (χ0n) is 22.4. The molecule has 2 nitrogen and oxygen atoms in total. The van der Waals surface area contributed by atoms with Crippen molar-refractivity contribution in [3.8, 4) is 0 Å². The van der Waals surface area contributed by atoms with Crippen LogP contribution in [-0.4, -0.2) is 33.5 Å². The molecule has 0 spiro atoms. The van der Waals surface area contributed by atoms with Gasteiger partial charge in [-0.15, -0.1) is 0 Å². The summed E-state index contributed by atoms with van der Waals surface area (Å²) in [7, 11) is 0.951. The number of hydrogen-bond acceptors (Lipinski definition) is 2. The quantitative estimate of drug-likeness (QED) is 0.142. The number of methoxy groups -OCH3 is 2. The van der Waals surface area contributed by atoms with Crippen LogP contribution in [0.2, 0.25) is 22.2 Å². The molecule has 0 aromatic carbocycles. The second-order valence-corrected chi connectivity index (χ2v) is 23.4. The molecule has 0 aliphatic heterocycles. The maximum atomic E-state index is 6.46. The van der Waals surface area contributed by atoms with E-state index in [4.69, 9.17) is 9.47 Å². The van der Waals surface area contributed by atoms with Crippen LogP contribution in [0.3, 0.4) is 0 Å². The third kappa shape index (κ3) is 5.27. The second kappa shape index (κ2) is 12.1. The molecule has 181 valence electrons. The fourth-order valence-electron chi connectivity index (χ4n) is 6.40. The third-order valence-corrected chi connectivity index (χ3v) is 27.0. The van der Waals surface area contributed by atoms with Gasteiger partial charge in [-0.2, -0.15) is 0 Å². The molecule has 0 fully saturated rings. The Balaban J connectivity index is 2.94. The first-order valence-corrected chi connectivity index (χ1v) is 18.4. The van der Waals surface area contributed by atoms with Crippen LogP contribution in [-0.2, 0) is 33.7 Å². The fraction of sp³-hybridized carbons (Fsp3) is 0.607. The molecule has 1 radical (unpaired) electrons. The van der Waals surface area contributed by atoms with Gasteiger partial charge in [0, 0.05) is 0 Å². The summed E-state index contributed by atoms with van der Waals surface area (Å²) in [5, 5.41) is 0. The van der Waals surface area contributed by atoms with Gasteiger partial charge in [0.1, 0.15) is 0 Å². The van der Waals surface area contributed by atoms with E-state index in [9.17, 15) is 0 Å². The van der Waals surface area contributed by atoms with Gasteiger partial charge in [0.05, 0.1) is 0 Å². The fourth-order valence-corrected chi connectivity index (χ4v) is 25.3. The average molecular weight is 560 g/mol. The van der Waals surface area contributed by atoms with Crippen LogP contribution in [0.25, 0.3) is 0 Å². The molecule has 2 aliphatic rings. The molecule has 5 heteroatoms. The normalized spacial score (nSPS) is 17.8. The Morgan fingerprint density at radius 1 is 0.788 bits per heavy atom. The maximum absolute atomic E-state index is 6.46. The van der Waals surface area contributed by atoms with Gasteiger partial charge in [0.25, 0.3) is 0 Å². The van der Waals surface area contributed by atoms with Gasteiger partial charge in [-0.1, -0.05) is 0 Å². The standard InChI is InChI=1S/C28H44O2Si2.Zr/c1-21(2)31(22(3)4)32(23(5)6,24(7)8)19-27(30-10)28(20-29-9,25-15-11-12-16-25)26-17-13-14-18-26;/h11-18,21-26H,1-10H3;/q-1;. The minimum absolute atomic E-state index is 0.186. The molecule has 0 aromatic heterocycles. The van der Waals surface area contributed by atoms with Gasteiger partial charge in [-0.05, 0) is 0 Å². The van der Waals surface area contributed by atoms with Crippen molar-refractivity contribution in [1.82, 2.24) is 0 Å². The van der Waals surface area contributed by atoms with E-state index in [2.05, 4.69) is 110 Å². The van der Waals surface area contributed by atoms with Crippen molar-refractivity contribution >= 4 is 19.3 Å². The van der Waals surface area contributed by atoms with E-state index in [1.807, 2.05) is 14.2 Å². The molecule has 33 heavy (non-hydrogen) atoms. The summed E-state index contributed by atoms with van der Waals surface area (Å²) < 4.78 is 13.7. The van der Waals surface area contributed by atoms with E-state index in [1.165, 1.54) is 24.2 Å². The van der Waals surface area contributed by atoms with Crippen LogP contribution >= 0.6 is 0 Å². The van der Waals surface area contributed by atoms with Crippen LogP contribution in [0.4, 0.5) is 0 Å². The molecular weight excluding hydrogens is 516 g/mol. The van der Waals surface area contributed by atoms with E-state index in [1.54, 1.807) is 0 Å². The number of ether oxygens (including phenoxy) is 2. The van der Waals surface area contributed by atoms with Gasteiger partial charge < -0.3 is 0 Å². The Kier molecular flexibility index (Phi) is 10.6. The summed E-state index contributed by atoms with van der Waals surface area (Å²) in [4.78, 5) is 0. The molecular formula is C28H44O2Si2Zr-. The van der Waals surface area contributed by atoms with Crippen LogP contribution in [0.5, 0.6) is 0 Å². The molecule has 0 amide bonds. The van der Waals surface area contributed by atoms with Crippen molar-refractivity contribution in [3.05, 3.63) is 60.1 Å². The van der Waals surface area contributed by atoms with Crippen molar-refractivity contribution in [2.75, 3.05) is 14.2 Å². The Morgan fingerprint density at radius 2 is 1.18 bits per heavy atom. The van der Waals surface area contributed by atoms with Crippen molar-refractivity contribution < 1.29 is 33.7 Å². The number of allylic oxidation sites excluding steroid dienone is 8. The Bertz CT molecular complexity index is 765. The molecule has 0 N–H and O–H groups in total. The summed E-state index contributed by atoms with van der Waals surface area (Å²) in [6.07, 6.45) is 17.9. The van der Waals surface area contributed by atoms with E-state index in [0.717, 1.165) is 9.15 Å². The van der Waals surface area contributed by atoms with E-state index in [-0.39, 0.29) is 11.8 Å². The summed E-state index contributed by atoms with van der Waals surface area (Å²) in [6.45, 7) is 19.6. The monoisotopic (exact) mass is 558 g/mol.